The third-order valence-electron chi connectivity index (χ3n) is 2.79. The van der Waals surface area contributed by atoms with Gasteiger partial charge in [-0.1, -0.05) is 6.07 Å². The third kappa shape index (κ3) is 1.88. The second-order valence-corrected chi connectivity index (χ2v) is 4.51. The fraction of sp³-hybridized carbons (Fsp3) is 0.417. The van der Waals surface area contributed by atoms with Gasteiger partial charge in [-0.3, -0.25) is 4.40 Å². The second-order valence-electron chi connectivity index (χ2n) is 4.51. The number of methoxy groups -OCH3 is 1. The van der Waals surface area contributed by atoms with Gasteiger partial charge in [0.1, 0.15) is 11.5 Å². The lowest BCUT2D eigenvalue weighted by Gasteiger charge is -2.21. The van der Waals surface area contributed by atoms with Crippen LogP contribution in [-0.2, 0) is 11.2 Å². The molecule has 2 N–H and O–H groups in total. The summed E-state index contributed by atoms with van der Waals surface area (Å²) in [7, 11) is 1.70. The van der Waals surface area contributed by atoms with Gasteiger partial charge in [-0.2, -0.15) is 0 Å². The predicted molar refractivity (Wildman–Crippen MR) is 64.4 cm³/mol. The first-order valence-electron chi connectivity index (χ1n) is 5.30. The van der Waals surface area contributed by atoms with Crippen LogP contribution in [0.3, 0.4) is 0 Å². The van der Waals surface area contributed by atoms with Crippen LogP contribution in [0.4, 0.5) is 5.82 Å². The smallest absolute Gasteiger partial charge is 0.138 e. The normalized spacial score (nSPS) is 12.2. The highest BCUT2D eigenvalue weighted by atomic mass is 16.5. The maximum atomic E-state index is 6.05. The lowest BCUT2D eigenvalue weighted by atomic mass is 10.0. The Balaban J connectivity index is 2.42. The van der Waals surface area contributed by atoms with Crippen LogP contribution >= 0.6 is 0 Å². The molecule has 2 aromatic heterocycles. The highest BCUT2D eigenvalue weighted by molar-refractivity contribution is 5.52. The summed E-state index contributed by atoms with van der Waals surface area (Å²) in [6.45, 7) is 4.05. The quantitative estimate of drug-likeness (QED) is 0.857. The fourth-order valence-electron chi connectivity index (χ4n) is 1.67. The van der Waals surface area contributed by atoms with Crippen LogP contribution in [0.5, 0.6) is 0 Å². The zero-order valence-corrected chi connectivity index (χ0v) is 9.90. The van der Waals surface area contributed by atoms with Crippen molar-refractivity contribution in [2.45, 2.75) is 25.9 Å². The Bertz CT molecular complexity index is 502. The molecule has 0 spiro atoms. The molecule has 0 aliphatic heterocycles. The van der Waals surface area contributed by atoms with Crippen LogP contribution in [0.1, 0.15) is 19.5 Å². The Morgan fingerprint density at radius 1 is 1.44 bits per heavy atom. The number of fused-ring (bicyclic) bond motifs is 1. The molecular formula is C12H17N3O. The number of nitrogens with zero attached hydrogens (tertiary/aromatic N) is 2. The molecule has 2 aromatic rings. The number of hydrogen-bond acceptors (Lipinski definition) is 3. The first kappa shape index (κ1) is 11.0. The molecule has 2 rings (SSSR count). The molecule has 0 saturated heterocycles. The molecule has 0 aliphatic rings. The molecule has 0 aliphatic carbocycles. The SMILES string of the molecule is COC(C)(C)Cc1nc2ccccn2c1N. The molecule has 86 valence electrons. The number of aromatic nitrogens is 2. The third-order valence-corrected chi connectivity index (χ3v) is 2.79. The molecule has 2 heterocycles. The lowest BCUT2D eigenvalue weighted by Crippen LogP contribution is -2.26. The number of pyridine rings is 1. The van der Waals surface area contributed by atoms with Crippen LogP contribution in [0.2, 0.25) is 0 Å². The van der Waals surface area contributed by atoms with Crippen LogP contribution in [0.15, 0.2) is 24.4 Å². The lowest BCUT2D eigenvalue weighted by molar-refractivity contribution is 0.0226. The molecule has 16 heavy (non-hydrogen) atoms. The first-order chi connectivity index (χ1) is 7.53. The van der Waals surface area contributed by atoms with Crippen molar-refractivity contribution in [3.8, 4) is 0 Å². The van der Waals surface area contributed by atoms with E-state index in [0.29, 0.717) is 12.2 Å². The van der Waals surface area contributed by atoms with Gasteiger partial charge in [0, 0.05) is 19.7 Å². The van der Waals surface area contributed by atoms with Crippen molar-refractivity contribution in [2.24, 2.45) is 0 Å². The summed E-state index contributed by atoms with van der Waals surface area (Å²) in [6, 6.07) is 5.84. The largest absolute Gasteiger partial charge is 0.383 e. The van der Waals surface area contributed by atoms with Crippen LogP contribution in [0.25, 0.3) is 5.65 Å². The molecule has 4 heteroatoms. The number of ether oxygens (including phenoxy) is 1. The summed E-state index contributed by atoms with van der Waals surface area (Å²) in [5, 5.41) is 0. The molecule has 0 fully saturated rings. The molecule has 0 radical (unpaired) electrons. The van der Waals surface area contributed by atoms with Crippen LogP contribution < -0.4 is 5.73 Å². The summed E-state index contributed by atoms with van der Waals surface area (Å²) >= 11 is 0. The molecule has 0 amide bonds. The Labute approximate surface area is 95.0 Å². The summed E-state index contributed by atoms with van der Waals surface area (Å²) in [6.07, 6.45) is 2.62. The number of rotatable bonds is 3. The number of hydrogen-bond donors (Lipinski definition) is 1. The summed E-state index contributed by atoms with van der Waals surface area (Å²) in [5.41, 5.74) is 7.57. The standard InChI is InChI=1S/C12H17N3O/c1-12(2,16-3)8-9-11(13)15-7-5-4-6-10(15)14-9/h4-7H,8,13H2,1-3H3. The fourth-order valence-corrected chi connectivity index (χ4v) is 1.67. The molecule has 0 bridgehead atoms. The average Bonchev–Trinajstić information content (AvgIpc) is 2.56. The summed E-state index contributed by atoms with van der Waals surface area (Å²) in [4.78, 5) is 4.50. The van der Waals surface area contributed by atoms with Crippen molar-refractivity contribution >= 4 is 11.5 Å². The summed E-state index contributed by atoms with van der Waals surface area (Å²) in [5.74, 6) is 0.695. The van der Waals surface area contributed by atoms with Crippen molar-refractivity contribution in [2.75, 3.05) is 12.8 Å². The van der Waals surface area contributed by atoms with E-state index in [4.69, 9.17) is 10.5 Å². The molecule has 0 aromatic carbocycles. The molecule has 0 saturated carbocycles. The highest BCUT2D eigenvalue weighted by Gasteiger charge is 2.21. The minimum absolute atomic E-state index is 0.244. The van der Waals surface area contributed by atoms with E-state index >= 15 is 0 Å². The Kier molecular flexibility index (Phi) is 2.59. The van der Waals surface area contributed by atoms with Crippen LogP contribution in [-0.4, -0.2) is 22.1 Å². The van der Waals surface area contributed by atoms with Crippen molar-refractivity contribution in [1.82, 2.24) is 9.38 Å². The van der Waals surface area contributed by atoms with Crippen LogP contribution in [0, 0.1) is 0 Å². The van der Waals surface area contributed by atoms with E-state index < -0.39 is 0 Å². The second kappa shape index (κ2) is 3.79. The number of nitrogens with two attached hydrogens (primary N) is 1. The van der Waals surface area contributed by atoms with Gasteiger partial charge in [0.15, 0.2) is 0 Å². The Morgan fingerprint density at radius 2 is 2.19 bits per heavy atom. The van der Waals surface area contributed by atoms with Crippen molar-refractivity contribution < 1.29 is 4.74 Å². The van der Waals surface area contributed by atoms with E-state index in [0.717, 1.165) is 11.3 Å². The molecule has 0 atom stereocenters. The number of imidazole rings is 1. The molecular weight excluding hydrogens is 202 g/mol. The van der Waals surface area contributed by atoms with E-state index in [2.05, 4.69) is 4.98 Å². The van der Waals surface area contributed by atoms with E-state index in [9.17, 15) is 0 Å². The van der Waals surface area contributed by atoms with Gasteiger partial charge in [-0.05, 0) is 26.0 Å². The molecule has 0 unspecified atom stereocenters. The van der Waals surface area contributed by atoms with Crippen molar-refractivity contribution in [1.29, 1.82) is 0 Å². The zero-order valence-electron chi connectivity index (χ0n) is 9.90. The number of anilines is 1. The average molecular weight is 219 g/mol. The van der Waals surface area contributed by atoms with Gasteiger partial charge in [-0.25, -0.2) is 4.98 Å². The number of nitrogen functional groups attached to an aromatic ring is 1. The monoisotopic (exact) mass is 219 g/mol. The minimum Gasteiger partial charge on any atom is -0.383 e. The van der Waals surface area contributed by atoms with Gasteiger partial charge in [0.05, 0.1) is 11.3 Å². The van der Waals surface area contributed by atoms with E-state index in [1.807, 2.05) is 42.6 Å². The van der Waals surface area contributed by atoms with Gasteiger partial charge in [0.2, 0.25) is 0 Å². The molecule has 4 nitrogen and oxygen atoms in total. The summed E-state index contributed by atoms with van der Waals surface area (Å²) < 4.78 is 7.28. The van der Waals surface area contributed by atoms with E-state index in [1.54, 1.807) is 7.11 Å². The maximum absolute atomic E-state index is 6.05. The van der Waals surface area contributed by atoms with Gasteiger partial charge < -0.3 is 10.5 Å². The Hall–Kier alpha value is -1.55. The zero-order chi connectivity index (χ0) is 11.8. The first-order valence-corrected chi connectivity index (χ1v) is 5.30. The minimum atomic E-state index is -0.244. The highest BCUT2D eigenvalue weighted by Crippen LogP contribution is 2.21. The van der Waals surface area contributed by atoms with Gasteiger partial charge in [-0.15, -0.1) is 0 Å². The van der Waals surface area contributed by atoms with E-state index in [1.165, 1.54) is 0 Å². The maximum Gasteiger partial charge on any atom is 0.138 e. The Morgan fingerprint density at radius 3 is 2.81 bits per heavy atom. The topological polar surface area (TPSA) is 52.5 Å². The van der Waals surface area contributed by atoms with Gasteiger partial charge >= 0.3 is 0 Å². The van der Waals surface area contributed by atoms with Crippen molar-refractivity contribution in [3.63, 3.8) is 0 Å². The van der Waals surface area contributed by atoms with Gasteiger partial charge in [0.25, 0.3) is 0 Å². The van der Waals surface area contributed by atoms with Crippen molar-refractivity contribution in [3.05, 3.63) is 30.1 Å². The predicted octanol–water partition coefficient (Wildman–Crippen LogP) is 1.88. The van der Waals surface area contributed by atoms with E-state index in [-0.39, 0.29) is 5.60 Å².